The highest BCUT2D eigenvalue weighted by molar-refractivity contribution is 7.08. The highest BCUT2D eigenvalue weighted by atomic mass is 32.1. The van der Waals surface area contributed by atoms with E-state index in [2.05, 4.69) is 0 Å². The lowest BCUT2D eigenvalue weighted by atomic mass is 10.1. The van der Waals surface area contributed by atoms with Gasteiger partial charge in [-0.2, -0.15) is 11.3 Å². The average Bonchev–Trinajstić information content (AvgIpc) is 2.70. The molecule has 1 aromatic carbocycles. The predicted molar refractivity (Wildman–Crippen MR) is 58.0 cm³/mol. The van der Waals surface area contributed by atoms with Crippen molar-refractivity contribution in [2.45, 2.75) is 0 Å². The Balaban J connectivity index is 2.43. The first-order valence-electron chi connectivity index (χ1n) is 4.21. The third-order valence-electron chi connectivity index (χ3n) is 2.03. The Morgan fingerprint density at radius 3 is 2.64 bits per heavy atom. The number of thiophene rings is 1. The molecule has 72 valence electrons. The van der Waals surface area contributed by atoms with E-state index in [1.54, 1.807) is 30.6 Å². The lowest BCUT2D eigenvalue weighted by Crippen LogP contribution is -1.83. The quantitative estimate of drug-likeness (QED) is 0.818. The predicted octanol–water partition coefficient (Wildman–Crippen LogP) is 3.13. The molecule has 1 heterocycles. The van der Waals surface area contributed by atoms with Crippen molar-refractivity contribution in [3.63, 3.8) is 0 Å². The topological polar surface area (TPSA) is 29.5 Å². The van der Waals surface area contributed by atoms with Gasteiger partial charge in [0.1, 0.15) is 0 Å². The maximum Gasteiger partial charge on any atom is 0.160 e. The van der Waals surface area contributed by atoms with Gasteiger partial charge in [-0.3, -0.25) is 0 Å². The minimum atomic E-state index is 0.177. The molecule has 2 nitrogen and oxygen atoms in total. The number of phenolic OH excluding ortho intramolecular Hbond substituents is 1. The molecular weight excluding hydrogens is 196 g/mol. The highest BCUT2D eigenvalue weighted by Gasteiger charge is 2.03. The number of hydrogen-bond acceptors (Lipinski definition) is 3. The molecule has 0 saturated heterocycles. The monoisotopic (exact) mass is 206 g/mol. The van der Waals surface area contributed by atoms with Gasteiger partial charge in [-0.25, -0.2) is 0 Å². The first-order chi connectivity index (χ1) is 6.81. The van der Waals surface area contributed by atoms with E-state index in [0.29, 0.717) is 5.75 Å². The number of hydrogen-bond donors (Lipinski definition) is 1. The molecule has 14 heavy (non-hydrogen) atoms. The van der Waals surface area contributed by atoms with Gasteiger partial charge in [0.2, 0.25) is 0 Å². The number of ether oxygens (including phenoxy) is 1. The Labute approximate surface area is 86.4 Å². The highest BCUT2D eigenvalue weighted by Crippen LogP contribution is 2.31. The van der Waals surface area contributed by atoms with Gasteiger partial charge in [-0.05, 0) is 40.1 Å². The van der Waals surface area contributed by atoms with Crippen LogP contribution in [-0.2, 0) is 0 Å². The van der Waals surface area contributed by atoms with E-state index < -0.39 is 0 Å². The third kappa shape index (κ3) is 1.59. The number of benzene rings is 1. The first-order valence-corrected chi connectivity index (χ1v) is 5.15. The van der Waals surface area contributed by atoms with Crippen LogP contribution in [0.15, 0.2) is 35.0 Å². The van der Waals surface area contributed by atoms with Crippen LogP contribution in [0, 0.1) is 0 Å². The zero-order valence-electron chi connectivity index (χ0n) is 7.73. The van der Waals surface area contributed by atoms with E-state index in [1.807, 2.05) is 22.9 Å². The van der Waals surface area contributed by atoms with E-state index in [9.17, 15) is 5.11 Å². The molecule has 3 heteroatoms. The van der Waals surface area contributed by atoms with Gasteiger partial charge in [0, 0.05) is 0 Å². The van der Waals surface area contributed by atoms with Gasteiger partial charge in [-0.1, -0.05) is 6.07 Å². The molecule has 0 aliphatic rings. The molecule has 0 radical (unpaired) electrons. The molecule has 0 aliphatic heterocycles. The molecule has 1 N–H and O–H groups in total. The summed E-state index contributed by atoms with van der Waals surface area (Å²) in [4.78, 5) is 0. The molecule has 2 aromatic rings. The standard InChI is InChI=1S/C11H10O2S/c1-13-11-3-2-8(6-10(11)12)9-4-5-14-7-9/h2-7,12H,1H3. The first kappa shape index (κ1) is 9.09. The van der Waals surface area contributed by atoms with Crippen LogP contribution < -0.4 is 4.74 Å². The molecule has 0 saturated carbocycles. The maximum absolute atomic E-state index is 9.57. The van der Waals surface area contributed by atoms with E-state index in [4.69, 9.17) is 4.74 Å². The average molecular weight is 206 g/mol. The fourth-order valence-corrected chi connectivity index (χ4v) is 1.96. The summed E-state index contributed by atoms with van der Waals surface area (Å²) >= 11 is 1.64. The van der Waals surface area contributed by atoms with Crippen LogP contribution in [0.5, 0.6) is 11.5 Å². The summed E-state index contributed by atoms with van der Waals surface area (Å²) in [7, 11) is 1.54. The largest absolute Gasteiger partial charge is 0.504 e. The van der Waals surface area contributed by atoms with Crippen molar-refractivity contribution in [2.24, 2.45) is 0 Å². The molecule has 0 amide bonds. The van der Waals surface area contributed by atoms with Crippen LogP contribution in [0.3, 0.4) is 0 Å². The normalized spacial score (nSPS) is 10.1. The SMILES string of the molecule is COc1ccc(-c2ccsc2)cc1O. The van der Waals surface area contributed by atoms with Crippen molar-refractivity contribution < 1.29 is 9.84 Å². The maximum atomic E-state index is 9.57. The molecule has 0 unspecified atom stereocenters. The lowest BCUT2D eigenvalue weighted by Gasteiger charge is -2.04. The Bertz CT molecular complexity index is 421. The molecule has 2 rings (SSSR count). The van der Waals surface area contributed by atoms with Gasteiger partial charge in [-0.15, -0.1) is 0 Å². The Morgan fingerprint density at radius 2 is 2.07 bits per heavy atom. The van der Waals surface area contributed by atoms with Crippen LogP contribution in [0.1, 0.15) is 0 Å². The van der Waals surface area contributed by atoms with Crippen molar-refractivity contribution in [3.05, 3.63) is 35.0 Å². The van der Waals surface area contributed by atoms with Gasteiger partial charge >= 0.3 is 0 Å². The number of phenols is 1. The van der Waals surface area contributed by atoms with Gasteiger partial charge in [0.05, 0.1) is 7.11 Å². The minimum absolute atomic E-state index is 0.177. The Kier molecular flexibility index (Phi) is 2.41. The Morgan fingerprint density at radius 1 is 1.21 bits per heavy atom. The van der Waals surface area contributed by atoms with Crippen LogP contribution in [0.25, 0.3) is 11.1 Å². The molecule has 0 bridgehead atoms. The fraction of sp³-hybridized carbons (Fsp3) is 0.0909. The van der Waals surface area contributed by atoms with E-state index in [1.165, 1.54) is 0 Å². The van der Waals surface area contributed by atoms with Crippen LogP contribution >= 0.6 is 11.3 Å². The zero-order chi connectivity index (χ0) is 9.97. The van der Waals surface area contributed by atoms with Crippen molar-refractivity contribution in [3.8, 4) is 22.6 Å². The van der Waals surface area contributed by atoms with Gasteiger partial charge < -0.3 is 9.84 Å². The minimum Gasteiger partial charge on any atom is -0.504 e. The van der Waals surface area contributed by atoms with Crippen LogP contribution in [0.2, 0.25) is 0 Å². The van der Waals surface area contributed by atoms with E-state index in [-0.39, 0.29) is 5.75 Å². The molecular formula is C11H10O2S. The fourth-order valence-electron chi connectivity index (χ4n) is 1.30. The van der Waals surface area contributed by atoms with Crippen molar-refractivity contribution in [1.29, 1.82) is 0 Å². The van der Waals surface area contributed by atoms with Crippen molar-refractivity contribution in [1.82, 2.24) is 0 Å². The summed E-state index contributed by atoms with van der Waals surface area (Å²) in [5.41, 5.74) is 2.12. The third-order valence-corrected chi connectivity index (χ3v) is 2.72. The second-order valence-electron chi connectivity index (χ2n) is 2.90. The summed E-state index contributed by atoms with van der Waals surface area (Å²) in [6, 6.07) is 7.43. The van der Waals surface area contributed by atoms with Gasteiger partial charge in [0.25, 0.3) is 0 Å². The summed E-state index contributed by atoms with van der Waals surface area (Å²) in [5, 5.41) is 13.6. The number of aromatic hydroxyl groups is 1. The second kappa shape index (κ2) is 3.72. The van der Waals surface area contributed by atoms with Crippen LogP contribution in [0.4, 0.5) is 0 Å². The van der Waals surface area contributed by atoms with E-state index >= 15 is 0 Å². The lowest BCUT2D eigenvalue weighted by molar-refractivity contribution is 0.373. The van der Waals surface area contributed by atoms with Crippen molar-refractivity contribution in [2.75, 3.05) is 7.11 Å². The smallest absolute Gasteiger partial charge is 0.160 e. The number of methoxy groups -OCH3 is 1. The van der Waals surface area contributed by atoms with Gasteiger partial charge in [0.15, 0.2) is 11.5 Å². The second-order valence-corrected chi connectivity index (χ2v) is 3.68. The molecule has 0 aliphatic carbocycles. The number of rotatable bonds is 2. The zero-order valence-corrected chi connectivity index (χ0v) is 8.54. The molecule has 0 fully saturated rings. The summed E-state index contributed by atoms with van der Waals surface area (Å²) in [5.74, 6) is 0.681. The Hall–Kier alpha value is -1.48. The molecule has 1 aromatic heterocycles. The summed E-state index contributed by atoms with van der Waals surface area (Å²) in [6.07, 6.45) is 0. The molecule has 0 spiro atoms. The summed E-state index contributed by atoms with van der Waals surface area (Å²) < 4.78 is 4.97. The van der Waals surface area contributed by atoms with Crippen LogP contribution in [-0.4, -0.2) is 12.2 Å². The summed E-state index contributed by atoms with van der Waals surface area (Å²) in [6.45, 7) is 0. The molecule has 0 atom stereocenters. The van der Waals surface area contributed by atoms with Crippen molar-refractivity contribution >= 4 is 11.3 Å². The van der Waals surface area contributed by atoms with E-state index in [0.717, 1.165) is 11.1 Å².